The van der Waals surface area contributed by atoms with Gasteiger partial charge in [-0.15, -0.1) is 11.8 Å². The highest BCUT2D eigenvalue weighted by molar-refractivity contribution is 8.00. The largest absolute Gasteiger partial charge is 0.497 e. The Kier molecular flexibility index (Phi) is 9.59. The van der Waals surface area contributed by atoms with Gasteiger partial charge in [-0.3, -0.25) is 14.5 Å². The van der Waals surface area contributed by atoms with Crippen molar-refractivity contribution in [2.75, 3.05) is 12.9 Å². The van der Waals surface area contributed by atoms with Crippen molar-refractivity contribution in [2.24, 2.45) is 0 Å². The molecule has 1 unspecified atom stereocenters. The summed E-state index contributed by atoms with van der Waals surface area (Å²) in [7, 11) is 1.59. The highest BCUT2D eigenvalue weighted by atomic mass is 32.2. The summed E-state index contributed by atoms with van der Waals surface area (Å²) in [6, 6.07) is 30.1. The van der Waals surface area contributed by atoms with Crippen LogP contribution in [-0.4, -0.2) is 47.0 Å². The average Bonchev–Trinajstić information content (AvgIpc) is 3.10. The van der Waals surface area contributed by atoms with Gasteiger partial charge in [0, 0.05) is 23.4 Å². The lowest BCUT2D eigenvalue weighted by atomic mass is 10.0. The molecule has 2 aliphatic rings. The molecular formula is C37H34N3O5S+. The lowest BCUT2D eigenvalue weighted by Gasteiger charge is -2.49. The van der Waals surface area contributed by atoms with Crippen LogP contribution in [0.1, 0.15) is 22.3 Å². The van der Waals surface area contributed by atoms with E-state index in [0.29, 0.717) is 17.1 Å². The number of hydrogen-bond acceptors (Lipinski definition) is 6. The maximum atomic E-state index is 13.6. The molecule has 1 aromatic heterocycles. The molecule has 6 rings (SSSR count). The zero-order valence-corrected chi connectivity index (χ0v) is 26.2. The van der Waals surface area contributed by atoms with E-state index in [-0.39, 0.29) is 30.5 Å². The van der Waals surface area contributed by atoms with E-state index in [1.165, 1.54) is 16.7 Å². The molecule has 8 nitrogen and oxygen atoms in total. The fourth-order valence-electron chi connectivity index (χ4n) is 5.39. The molecule has 0 radical (unpaired) electrons. The van der Waals surface area contributed by atoms with Crippen LogP contribution < -0.4 is 14.6 Å². The van der Waals surface area contributed by atoms with Gasteiger partial charge in [0.1, 0.15) is 29.5 Å². The van der Waals surface area contributed by atoms with Crippen LogP contribution in [0.15, 0.2) is 127 Å². The Labute approximate surface area is 272 Å². The summed E-state index contributed by atoms with van der Waals surface area (Å²) in [4.78, 5) is 41.3. The monoisotopic (exact) mass is 632 g/mol. The first-order valence-corrected chi connectivity index (χ1v) is 16.1. The number of thioether (sulfide) groups is 1. The molecule has 2 amide bonds. The maximum absolute atomic E-state index is 13.6. The number of methoxy groups -OCH3 is 1. The normalized spacial score (nSPS) is 17.3. The lowest BCUT2D eigenvalue weighted by Crippen LogP contribution is -2.70. The summed E-state index contributed by atoms with van der Waals surface area (Å²) >= 11 is 1.52. The molecule has 4 aromatic rings. The van der Waals surface area contributed by atoms with Gasteiger partial charge in [-0.1, -0.05) is 84.9 Å². The van der Waals surface area contributed by atoms with Crippen molar-refractivity contribution < 1.29 is 28.4 Å². The lowest BCUT2D eigenvalue weighted by molar-refractivity contribution is -0.688. The molecule has 1 saturated heterocycles. The van der Waals surface area contributed by atoms with E-state index in [2.05, 4.69) is 22.0 Å². The van der Waals surface area contributed by atoms with Gasteiger partial charge < -0.3 is 14.8 Å². The number of fused-ring (bicyclic) bond motifs is 1. The molecule has 1 fully saturated rings. The smallest absolute Gasteiger partial charge is 0.355 e. The van der Waals surface area contributed by atoms with Gasteiger partial charge in [0.25, 0.3) is 5.91 Å². The van der Waals surface area contributed by atoms with Gasteiger partial charge in [0.15, 0.2) is 18.9 Å². The molecule has 3 aromatic carbocycles. The highest BCUT2D eigenvalue weighted by Crippen LogP contribution is 2.41. The van der Waals surface area contributed by atoms with E-state index < -0.39 is 17.4 Å². The van der Waals surface area contributed by atoms with E-state index in [1.807, 2.05) is 97.3 Å². The van der Waals surface area contributed by atoms with E-state index in [1.54, 1.807) is 19.2 Å². The number of amides is 2. The van der Waals surface area contributed by atoms with E-state index >= 15 is 0 Å². The molecule has 2 atom stereocenters. The third kappa shape index (κ3) is 7.21. The molecule has 2 aliphatic heterocycles. The number of nitrogens with zero attached hydrogens (tertiary/aromatic N) is 2. The van der Waals surface area contributed by atoms with Crippen molar-refractivity contribution in [3.8, 4) is 5.75 Å². The zero-order valence-electron chi connectivity index (χ0n) is 25.4. The number of β-lactam (4-membered cyclic amide) rings is 1. The summed E-state index contributed by atoms with van der Waals surface area (Å²) in [5.74, 6) is 0.0288. The fourth-order valence-corrected chi connectivity index (χ4v) is 6.70. The molecule has 0 bridgehead atoms. The highest BCUT2D eigenvalue weighted by Gasteiger charge is 2.54. The van der Waals surface area contributed by atoms with Crippen LogP contribution in [0.3, 0.4) is 0 Å². The van der Waals surface area contributed by atoms with Gasteiger partial charge in [0.2, 0.25) is 5.91 Å². The number of nitrogens with one attached hydrogen (secondary N) is 1. The summed E-state index contributed by atoms with van der Waals surface area (Å²) in [5, 5.41) is 2.48. The number of ether oxygens (including phenoxy) is 2. The van der Waals surface area contributed by atoms with Crippen LogP contribution in [0.25, 0.3) is 6.08 Å². The quantitative estimate of drug-likeness (QED) is 0.147. The second-order valence-electron chi connectivity index (χ2n) is 11.0. The SMILES string of the molecule is COc1ccc(COC(=O)C2=C(/C=C/c3ccc(C[n+]4ccccc4)cc3)CSC3[C@H](NC(=O)Cc4ccccc4)C(=O)N23)cc1. The predicted molar refractivity (Wildman–Crippen MR) is 176 cm³/mol. The number of pyridine rings is 1. The molecule has 46 heavy (non-hydrogen) atoms. The van der Waals surface area contributed by atoms with Crippen molar-refractivity contribution >= 4 is 35.6 Å². The summed E-state index contributed by atoms with van der Waals surface area (Å²) in [6.45, 7) is 0.805. The van der Waals surface area contributed by atoms with Gasteiger partial charge in [0.05, 0.1) is 13.5 Å². The van der Waals surface area contributed by atoms with E-state index in [9.17, 15) is 14.4 Å². The Bertz CT molecular complexity index is 1760. The first-order valence-electron chi connectivity index (χ1n) is 15.0. The van der Waals surface area contributed by atoms with Gasteiger partial charge in [-0.05, 0) is 34.4 Å². The van der Waals surface area contributed by atoms with Crippen LogP contribution >= 0.6 is 11.8 Å². The van der Waals surface area contributed by atoms with Crippen LogP contribution in [0.2, 0.25) is 0 Å². The number of esters is 1. The Hall–Kier alpha value is -5.15. The molecule has 0 aliphatic carbocycles. The summed E-state index contributed by atoms with van der Waals surface area (Å²) < 4.78 is 13.1. The maximum Gasteiger partial charge on any atom is 0.355 e. The van der Waals surface area contributed by atoms with Crippen molar-refractivity contribution in [3.63, 3.8) is 0 Å². The van der Waals surface area contributed by atoms with Crippen LogP contribution in [0.5, 0.6) is 5.75 Å². The molecular weight excluding hydrogens is 598 g/mol. The Morgan fingerprint density at radius 1 is 0.891 bits per heavy atom. The number of rotatable bonds is 11. The Balaban J connectivity index is 1.19. The number of carbonyl (C=O) groups is 3. The molecule has 1 N–H and O–H groups in total. The van der Waals surface area contributed by atoms with Crippen LogP contribution in [0, 0.1) is 0 Å². The third-order valence-corrected chi connectivity index (χ3v) is 9.15. The zero-order chi connectivity index (χ0) is 31.9. The minimum atomic E-state index is -0.717. The fraction of sp³-hybridized carbons (Fsp3) is 0.189. The third-order valence-electron chi connectivity index (χ3n) is 7.84. The van der Waals surface area contributed by atoms with Crippen molar-refractivity contribution in [3.05, 3.63) is 149 Å². The molecule has 0 spiro atoms. The van der Waals surface area contributed by atoms with Crippen LogP contribution in [0.4, 0.5) is 0 Å². The first kappa shape index (κ1) is 30.9. The second kappa shape index (κ2) is 14.3. The van der Waals surface area contributed by atoms with Gasteiger partial charge in [-0.2, -0.15) is 0 Å². The first-order chi connectivity index (χ1) is 22.5. The Morgan fingerprint density at radius 2 is 1.59 bits per heavy atom. The average molecular weight is 633 g/mol. The topological polar surface area (TPSA) is 88.8 Å². The van der Waals surface area contributed by atoms with Gasteiger partial charge in [-0.25, -0.2) is 9.36 Å². The van der Waals surface area contributed by atoms with Crippen molar-refractivity contribution in [2.45, 2.75) is 31.0 Å². The number of hydrogen-bond donors (Lipinski definition) is 1. The van der Waals surface area contributed by atoms with E-state index in [0.717, 1.165) is 28.8 Å². The standard InChI is InChI=1S/C37H33N3O5S/c1-44-31-18-15-29(16-19-31)24-45-37(43)34-30(17-14-26-10-12-28(13-11-26)23-39-20-6-3-7-21-39)25-46-36-33(35(42)40(34)36)38-32(41)22-27-8-4-2-5-9-27/h2-21,33,36H,22-25H2,1H3/p+1/b17-14+/t33-,36?/m1/s1. The molecule has 232 valence electrons. The second-order valence-corrected chi connectivity index (χ2v) is 12.1. The molecule has 9 heteroatoms. The summed E-state index contributed by atoms with van der Waals surface area (Å²) in [5.41, 5.74) is 4.69. The number of benzene rings is 3. The molecule has 3 heterocycles. The van der Waals surface area contributed by atoms with E-state index in [4.69, 9.17) is 9.47 Å². The van der Waals surface area contributed by atoms with Gasteiger partial charge >= 0.3 is 5.97 Å². The van der Waals surface area contributed by atoms with Crippen LogP contribution in [-0.2, 0) is 38.7 Å². The number of allylic oxidation sites excluding steroid dienone is 1. The minimum Gasteiger partial charge on any atom is -0.497 e. The number of aromatic nitrogens is 1. The Morgan fingerprint density at radius 3 is 2.30 bits per heavy atom. The minimum absolute atomic E-state index is 0.0429. The van der Waals surface area contributed by atoms with Crippen molar-refractivity contribution in [1.82, 2.24) is 10.2 Å². The summed E-state index contributed by atoms with van der Waals surface area (Å²) in [6.07, 6.45) is 8.05. The van der Waals surface area contributed by atoms with Crippen molar-refractivity contribution in [1.29, 1.82) is 0 Å². The number of carbonyl (C=O) groups excluding carboxylic acids is 3. The molecule has 0 saturated carbocycles. The predicted octanol–water partition coefficient (Wildman–Crippen LogP) is 4.68.